The summed E-state index contributed by atoms with van der Waals surface area (Å²) in [5.41, 5.74) is 2.32. The van der Waals surface area contributed by atoms with Crippen LogP contribution in [0.5, 0.6) is 0 Å². The highest BCUT2D eigenvalue weighted by atomic mass is 32.2. The molecule has 8 rings (SSSR count). The summed E-state index contributed by atoms with van der Waals surface area (Å²) in [6, 6.07) is 11.9. The van der Waals surface area contributed by atoms with Gasteiger partial charge in [-0.05, 0) is 81.6 Å². The van der Waals surface area contributed by atoms with E-state index in [9.17, 15) is 40.8 Å². The summed E-state index contributed by atoms with van der Waals surface area (Å²) in [6.45, 7) is 5.68. The number of fused-ring (bicyclic) bond motifs is 2. The van der Waals surface area contributed by atoms with E-state index in [0.717, 1.165) is 55.3 Å². The van der Waals surface area contributed by atoms with Crippen LogP contribution in [0, 0.1) is 5.92 Å². The lowest BCUT2D eigenvalue weighted by Crippen LogP contribution is -2.52. The van der Waals surface area contributed by atoms with Gasteiger partial charge in [0.25, 0.3) is 5.91 Å². The number of aromatic nitrogens is 2. The lowest BCUT2D eigenvalue weighted by Gasteiger charge is -2.36. The third kappa shape index (κ3) is 8.81. The van der Waals surface area contributed by atoms with Crippen LogP contribution in [0.25, 0.3) is 5.57 Å². The van der Waals surface area contributed by atoms with Gasteiger partial charge in [-0.15, -0.1) is 0 Å². The van der Waals surface area contributed by atoms with Crippen molar-refractivity contribution in [2.45, 2.75) is 64.2 Å². The number of allylic oxidation sites excluding steroid dienone is 4. The molecule has 3 N–H and O–H groups in total. The van der Waals surface area contributed by atoms with Crippen molar-refractivity contribution in [2.75, 3.05) is 54.0 Å². The summed E-state index contributed by atoms with van der Waals surface area (Å²) in [5.74, 6) is -2.18. The van der Waals surface area contributed by atoms with E-state index in [1.807, 2.05) is 12.1 Å². The Morgan fingerprint density at radius 1 is 1.02 bits per heavy atom. The first kappa shape index (κ1) is 42.6. The Balaban J connectivity index is 0.814. The Morgan fingerprint density at radius 3 is 2.52 bits per heavy atom. The van der Waals surface area contributed by atoms with Gasteiger partial charge in [-0.3, -0.25) is 29.4 Å². The molecule has 4 aliphatic heterocycles. The molecule has 62 heavy (non-hydrogen) atoms. The number of unbranched alkanes of at least 4 members (excludes halogenated alkanes) is 1. The van der Waals surface area contributed by atoms with E-state index in [4.69, 9.17) is 0 Å². The predicted octanol–water partition coefficient (Wildman–Crippen LogP) is 5.40. The number of nitrogens with zero attached hydrogens (tertiary/aromatic N) is 6. The summed E-state index contributed by atoms with van der Waals surface area (Å²) < 4.78 is 69.7. The number of imide groups is 1. The predicted molar refractivity (Wildman–Crippen MR) is 225 cm³/mol. The number of alkyl halides is 3. The van der Waals surface area contributed by atoms with Crippen molar-refractivity contribution in [1.29, 1.82) is 0 Å². The molecular formula is C43H46F3N9O6S. The van der Waals surface area contributed by atoms with Gasteiger partial charge in [-0.25, -0.2) is 22.7 Å². The minimum Gasteiger partial charge on any atom is -0.369 e. The molecule has 0 radical (unpaired) electrons. The number of rotatable bonds is 13. The quantitative estimate of drug-likeness (QED) is 0.148. The molecule has 5 heterocycles. The number of hydrogen-bond acceptors (Lipinski definition) is 11. The summed E-state index contributed by atoms with van der Waals surface area (Å²) in [5, 5.41) is 8.27. The average molecular weight is 874 g/mol. The van der Waals surface area contributed by atoms with Gasteiger partial charge in [0.15, 0.2) is 0 Å². The number of sulfonamides is 1. The van der Waals surface area contributed by atoms with E-state index in [2.05, 4.69) is 35.7 Å². The summed E-state index contributed by atoms with van der Waals surface area (Å²) in [7, 11) is -3.79. The van der Waals surface area contributed by atoms with Crippen molar-refractivity contribution in [3.63, 3.8) is 0 Å². The van der Waals surface area contributed by atoms with Gasteiger partial charge < -0.3 is 20.4 Å². The number of piperazine rings is 1. The first-order chi connectivity index (χ1) is 29.7. The molecule has 326 valence electrons. The normalized spacial score (nSPS) is 20.5. The molecule has 2 unspecified atom stereocenters. The van der Waals surface area contributed by atoms with Gasteiger partial charge in [0, 0.05) is 103 Å². The fourth-order valence-corrected chi connectivity index (χ4v) is 9.61. The van der Waals surface area contributed by atoms with E-state index in [1.165, 1.54) is 18.0 Å². The standard InChI is InChI=1S/C43H46F3N9O6S/c1-2-62(60,61)55-26-32(29-8-3-4-11-35(29)55)39-33(43(44,45)46)24-47-42(51-39)48-27-13-15-28(16-14-27)53-22-20-52(21-23-53)19-6-5-12-37(56)49-34-10-7-9-30-31(34)25-54(41(30)59)36-17-18-38(57)50-40(36)58/h3-4,7,9-11,13-16,24,26,29,36H,2,5-6,8,12,17-23,25H2,1H3,(H,49,56)(H,47,48,51)(H,50,57,58). The molecule has 1 aliphatic carbocycles. The van der Waals surface area contributed by atoms with Crippen molar-refractivity contribution in [3.8, 4) is 0 Å². The molecule has 1 aromatic heterocycles. The van der Waals surface area contributed by atoms with Gasteiger partial charge in [0.2, 0.25) is 33.7 Å². The maximum atomic E-state index is 14.3. The fraction of sp³-hybridized carbons (Fsp3) is 0.395. The number of piperidine rings is 1. The first-order valence-corrected chi connectivity index (χ1v) is 22.3. The molecule has 0 bridgehead atoms. The number of halogens is 3. The summed E-state index contributed by atoms with van der Waals surface area (Å²) >= 11 is 0. The molecule has 15 nitrogen and oxygen atoms in total. The molecule has 2 atom stereocenters. The molecule has 2 fully saturated rings. The molecule has 0 spiro atoms. The molecule has 2 saturated heterocycles. The maximum absolute atomic E-state index is 14.3. The summed E-state index contributed by atoms with van der Waals surface area (Å²) in [4.78, 5) is 64.5. The van der Waals surface area contributed by atoms with Gasteiger partial charge in [-0.2, -0.15) is 13.2 Å². The highest BCUT2D eigenvalue weighted by Crippen LogP contribution is 2.46. The molecule has 3 aromatic rings. The second kappa shape index (κ2) is 17.4. The zero-order valence-corrected chi connectivity index (χ0v) is 34.8. The fourth-order valence-electron chi connectivity index (χ4n) is 8.55. The monoisotopic (exact) mass is 873 g/mol. The molecule has 19 heteroatoms. The van der Waals surface area contributed by atoms with Crippen LogP contribution in [0.15, 0.2) is 78.8 Å². The minimum atomic E-state index is -4.77. The molecule has 5 aliphatic rings. The van der Waals surface area contributed by atoms with Crippen molar-refractivity contribution in [3.05, 3.63) is 101 Å². The lowest BCUT2D eigenvalue weighted by atomic mass is 9.89. The van der Waals surface area contributed by atoms with Gasteiger partial charge in [-0.1, -0.05) is 18.2 Å². The number of hydrogen-bond donors (Lipinski definition) is 3. The highest BCUT2D eigenvalue weighted by molar-refractivity contribution is 7.89. The Morgan fingerprint density at radius 2 is 1.79 bits per heavy atom. The smallest absolute Gasteiger partial charge is 0.369 e. The third-order valence-corrected chi connectivity index (χ3v) is 13.5. The van der Waals surface area contributed by atoms with Crippen LogP contribution < -0.4 is 20.9 Å². The van der Waals surface area contributed by atoms with Crippen molar-refractivity contribution >= 4 is 62.2 Å². The minimum absolute atomic E-state index is 0.0557. The van der Waals surface area contributed by atoms with Gasteiger partial charge in [0.05, 0.1) is 11.4 Å². The molecular weight excluding hydrogens is 828 g/mol. The Kier molecular flexibility index (Phi) is 11.9. The third-order valence-electron chi connectivity index (χ3n) is 11.9. The molecule has 0 saturated carbocycles. The van der Waals surface area contributed by atoms with Crippen LogP contribution >= 0.6 is 0 Å². The van der Waals surface area contributed by atoms with E-state index in [0.29, 0.717) is 47.5 Å². The van der Waals surface area contributed by atoms with Crippen LogP contribution in [0.1, 0.15) is 72.6 Å². The number of anilines is 4. The van der Waals surface area contributed by atoms with Crippen LogP contribution in [-0.2, 0) is 37.1 Å². The number of amides is 4. The number of carbonyl (C=O) groups is 4. The number of benzene rings is 2. The lowest BCUT2D eigenvalue weighted by molar-refractivity contribution is -0.138. The van der Waals surface area contributed by atoms with E-state index in [-0.39, 0.29) is 60.1 Å². The Hall–Kier alpha value is -6.08. The van der Waals surface area contributed by atoms with Crippen molar-refractivity contribution < 1.29 is 40.8 Å². The second-order valence-electron chi connectivity index (χ2n) is 15.8. The maximum Gasteiger partial charge on any atom is 0.419 e. The van der Waals surface area contributed by atoms with Crippen LogP contribution in [-0.4, -0.2) is 101 Å². The Labute approximate surface area is 356 Å². The topological polar surface area (TPSA) is 177 Å². The van der Waals surface area contributed by atoms with Crippen molar-refractivity contribution in [2.24, 2.45) is 5.92 Å². The summed E-state index contributed by atoms with van der Waals surface area (Å²) in [6.07, 6.45) is 4.85. The molecule has 4 amide bonds. The van der Waals surface area contributed by atoms with Gasteiger partial charge in [0.1, 0.15) is 11.6 Å². The van der Waals surface area contributed by atoms with Crippen LogP contribution in [0.2, 0.25) is 0 Å². The number of carbonyl (C=O) groups excluding carboxylic acids is 4. The molecule has 2 aromatic carbocycles. The zero-order valence-electron chi connectivity index (χ0n) is 34.0. The van der Waals surface area contributed by atoms with Crippen LogP contribution in [0.3, 0.4) is 0 Å². The Bertz CT molecular complexity index is 2480. The van der Waals surface area contributed by atoms with Gasteiger partial charge >= 0.3 is 6.18 Å². The van der Waals surface area contributed by atoms with E-state index >= 15 is 0 Å². The first-order valence-electron chi connectivity index (χ1n) is 20.7. The van der Waals surface area contributed by atoms with Crippen molar-refractivity contribution in [1.82, 2.24) is 29.4 Å². The SMILES string of the molecule is CCS(=O)(=O)N1C=C(c2nc(Nc3ccc(N4CCN(CCCCC(=O)Nc5cccc6c5CN(C5CCC(=O)NC5=O)C6=O)CC4)cc3)ncc2C(F)(F)F)C2CC=CC=C21. The average Bonchev–Trinajstić information content (AvgIpc) is 3.81. The highest BCUT2D eigenvalue weighted by Gasteiger charge is 2.43. The zero-order chi connectivity index (χ0) is 43.8. The number of nitrogens with one attached hydrogen (secondary N) is 3. The second-order valence-corrected chi connectivity index (χ2v) is 17.9. The largest absolute Gasteiger partial charge is 0.419 e. The van der Waals surface area contributed by atoms with Crippen LogP contribution in [0.4, 0.5) is 36.2 Å². The van der Waals surface area contributed by atoms with E-state index in [1.54, 1.807) is 48.6 Å². The van der Waals surface area contributed by atoms with E-state index < -0.39 is 39.6 Å².